The van der Waals surface area contributed by atoms with Gasteiger partial charge in [-0.3, -0.25) is 0 Å². The Bertz CT molecular complexity index is 395. The lowest BCUT2D eigenvalue weighted by atomic mass is 9.98. The van der Waals surface area contributed by atoms with Gasteiger partial charge >= 0.3 is 6.18 Å². The molecule has 0 aliphatic rings. The largest absolute Gasteiger partial charge is 0.416 e. The molecule has 2 unspecified atom stereocenters. The Morgan fingerprint density at radius 1 is 1.24 bits per heavy atom. The van der Waals surface area contributed by atoms with Crippen molar-refractivity contribution in [1.29, 1.82) is 0 Å². The molecule has 1 aromatic rings. The maximum absolute atomic E-state index is 12.7. The second-order valence-electron chi connectivity index (χ2n) is 3.42. The van der Waals surface area contributed by atoms with Crippen molar-refractivity contribution in [2.75, 3.05) is 6.61 Å². The number of benzene rings is 1. The van der Waals surface area contributed by atoms with E-state index in [2.05, 4.69) is 15.9 Å². The molecule has 0 amide bonds. The van der Waals surface area contributed by atoms with Crippen molar-refractivity contribution in [3.05, 3.63) is 33.8 Å². The van der Waals surface area contributed by atoms with Gasteiger partial charge in [-0.1, -0.05) is 22.0 Å². The number of hydrogen-bond acceptors (Lipinski definition) is 3. The molecular formula is C10H10BrF3O3. The molecule has 0 spiro atoms. The summed E-state index contributed by atoms with van der Waals surface area (Å²) in [5.41, 5.74) is -1.52. The molecule has 96 valence electrons. The van der Waals surface area contributed by atoms with Gasteiger partial charge in [0.2, 0.25) is 0 Å². The summed E-state index contributed by atoms with van der Waals surface area (Å²) in [5, 5.41) is 27.3. The van der Waals surface area contributed by atoms with E-state index in [9.17, 15) is 18.3 Å². The monoisotopic (exact) mass is 314 g/mol. The summed E-state index contributed by atoms with van der Waals surface area (Å²) in [7, 11) is 0. The van der Waals surface area contributed by atoms with Crippen LogP contribution in [0.1, 0.15) is 17.2 Å². The summed E-state index contributed by atoms with van der Waals surface area (Å²) in [6, 6.07) is 3.18. The normalized spacial score (nSPS) is 15.7. The average Bonchev–Trinajstić information content (AvgIpc) is 2.25. The van der Waals surface area contributed by atoms with Crippen molar-refractivity contribution < 1.29 is 28.5 Å². The van der Waals surface area contributed by atoms with Crippen molar-refractivity contribution in [1.82, 2.24) is 0 Å². The molecule has 0 aliphatic heterocycles. The lowest BCUT2D eigenvalue weighted by Gasteiger charge is -2.20. The van der Waals surface area contributed by atoms with Crippen LogP contribution in [-0.4, -0.2) is 28.0 Å². The smallest absolute Gasteiger partial charge is 0.394 e. The van der Waals surface area contributed by atoms with E-state index in [0.717, 1.165) is 12.1 Å². The Morgan fingerprint density at radius 2 is 1.82 bits per heavy atom. The summed E-state index contributed by atoms with van der Waals surface area (Å²) in [4.78, 5) is 0. The molecule has 2 atom stereocenters. The van der Waals surface area contributed by atoms with Gasteiger partial charge in [0, 0.05) is 4.47 Å². The molecule has 7 heteroatoms. The molecule has 0 radical (unpaired) electrons. The van der Waals surface area contributed by atoms with Crippen LogP contribution in [0, 0.1) is 0 Å². The van der Waals surface area contributed by atoms with Crippen molar-refractivity contribution in [2.24, 2.45) is 0 Å². The van der Waals surface area contributed by atoms with Gasteiger partial charge < -0.3 is 15.3 Å². The number of aliphatic hydroxyl groups is 3. The zero-order valence-corrected chi connectivity index (χ0v) is 10.0. The molecule has 0 bridgehead atoms. The fourth-order valence-corrected chi connectivity index (χ4v) is 1.70. The van der Waals surface area contributed by atoms with E-state index in [-0.39, 0.29) is 4.47 Å². The molecule has 0 fully saturated rings. The van der Waals surface area contributed by atoms with E-state index < -0.39 is 36.1 Å². The van der Waals surface area contributed by atoms with Crippen molar-refractivity contribution in [2.45, 2.75) is 18.4 Å². The van der Waals surface area contributed by atoms with Gasteiger partial charge in [-0.05, 0) is 17.7 Å². The highest BCUT2D eigenvalue weighted by atomic mass is 79.9. The van der Waals surface area contributed by atoms with Crippen LogP contribution in [0.4, 0.5) is 13.2 Å². The predicted octanol–water partition coefficient (Wildman–Crippen LogP) is 1.85. The summed E-state index contributed by atoms with van der Waals surface area (Å²) in [6.07, 6.45) is -8.09. The Labute approximate surface area is 104 Å². The van der Waals surface area contributed by atoms with Gasteiger partial charge in [-0.25, -0.2) is 0 Å². The van der Waals surface area contributed by atoms with Gasteiger partial charge in [0.25, 0.3) is 0 Å². The molecular weight excluding hydrogens is 305 g/mol. The number of rotatable bonds is 3. The van der Waals surface area contributed by atoms with E-state index in [4.69, 9.17) is 10.2 Å². The molecule has 17 heavy (non-hydrogen) atoms. The van der Waals surface area contributed by atoms with Crippen molar-refractivity contribution in [3.63, 3.8) is 0 Å². The zero-order valence-electron chi connectivity index (χ0n) is 8.45. The third-order valence-corrected chi connectivity index (χ3v) is 2.68. The summed E-state index contributed by atoms with van der Waals surface area (Å²) >= 11 is 2.90. The molecule has 0 aromatic heterocycles. The number of hydrogen-bond donors (Lipinski definition) is 3. The van der Waals surface area contributed by atoms with Gasteiger partial charge in [-0.2, -0.15) is 13.2 Å². The van der Waals surface area contributed by atoms with Crippen LogP contribution in [0.15, 0.2) is 22.7 Å². The van der Waals surface area contributed by atoms with Crippen LogP contribution in [-0.2, 0) is 6.18 Å². The van der Waals surface area contributed by atoms with Crippen LogP contribution in [0.2, 0.25) is 0 Å². The lowest BCUT2D eigenvalue weighted by Crippen LogP contribution is -2.24. The minimum Gasteiger partial charge on any atom is -0.394 e. The molecule has 0 saturated carbocycles. The highest BCUT2D eigenvalue weighted by Crippen LogP contribution is 2.37. The Kier molecular flexibility index (Phi) is 4.54. The SMILES string of the molecule is OCC(O)C(O)c1ccc(Br)cc1C(F)(F)F. The highest BCUT2D eigenvalue weighted by Gasteiger charge is 2.36. The van der Waals surface area contributed by atoms with Crippen LogP contribution in [0.25, 0.3) is 0 Å². The Hall–Kier alpha value is -0.630. The summed E-state index contributed by atoms with van der Waals surface area (Å²) in [6.45, 7) is -0.825. The van der Waals surface area contributed by atoms with E-state index in [1.54, 1.807) is 0 Å². The molecule has 3 N–H and O–H groups in total. The van der Waals surface area contributed by atoms with Gasteiger partial charge in [-0.15, -0.1) is 0 Å². The molecule has 1 aromatic carbocycles. The molecule has 0 saturated heterocycles. The summed E-state index contributed by atoms with van der Waals surface area (Å²) < 4.78 is 38.2. The minimum atomic E-state index is -4.64. The first kappa shape index (κ1) is 14.4. The minimum absolute atomic E-state index is 0.208. The van der Waals surface area contributed by atoms with Crippen molar-refractivity contribution in [3.8, 4) is 0 Å². The average molecular weight is 315 g/mol. The number of halogens is 4. The topological polar surface area (TPSA) is 60.7 Å². The fourth-order valence-electron chi connectivity index (χ4n) is 1.34. The van der Waals surface area contributed by atoms with E-state index in [1.165, 1.54) is 6.07 Å². The van der Waals surface area contributed by atoms with Gasteiger partial charge in [0.15, 0.2) is 0 Å². The second-order valence-corrected chi connectivity index (χ2v) is 4.34. The molecule has 0 aliphatic carbocycles. The molecule has 1 rings (SSSR count). The van der Waals surface area contributed by atoms with Crippen molar-refractivity contribution >= 4 is 15.9 Å². The highest BCUT2D eigenvalue weighted by molar-refractivity contribution is 9.10. The second kappa shape index (κ2) is 5.34. The zero-order chi connectivity index (χ0) is 13.2. The number of alkyl halides is 3. The quantitative estimate of drug-likeness (QED) is 0.798. The first-order valence-electron chi connectivity index (χ1n) is 4.61. The predicted molar refractivity (Wildman–Crippen MR) is 57.2 cm³/mol. The first-order chi connectivity index (χ1) is 7.77. The third kappa shape index (κ3) is 3.41. The van der Waals surface area contributed by atoms with E-state index in [1.807, 2.05) is 0 Å². The van der Waals surface area contributed by atoms with Crippen LogP contribution < -0.4 is 0 Å². The Balaban J connectivity index is 3.24. The van der Waals surface area contributed by atoms with E-state index >= 15 is 0 Å². The molecule has 0 heterocycles. The van der Waals surface area contributed by atoms with E-state index in [0.29, 0.717) is 0 Å². The number of aliphatic hydroxyl groups excluding tert-OH is 3. The summed E-state index contributed by atoms with van der Waals surface area (Å²) in [5.74, 6) is 0. The Morgan fingerprint density at radius 3 is 2.29 bits per heavy atom. The maximum Gasteiger partial charge on any atom is 0.416 e. The van der Waals surface area contributed by atoms with Gasteiger partial charge in [0.1, 0.15) is 12.2 Å². The molecule has 3 nitrogen and oxygen atoms in total. The van der Waals surface area contributed by atoms with Crippen LogP contribution >= 0.6 is 15.9 Å². The fraction of sp³-hybridized carbons (Fsp3) is 0.400. The first-order valence-corrected chi connectivity index (χ1v) is 5.40. The van der Waals surface area contributed by atoms with Gasteiger partial charge in [0.05, 0.1) is 12.2 Å². The van der Waals surface area contributed by atoms with Crippen LogP contribution in [0.5, 0.6) is 0 Å². The standard InChI is InChI=1S/C10H10BrF3O3/c11-5-1-2-6(9(17)8(16)4-15)7(3-5)10(12,13)14/h1-3,8-9,15-17H,4H2. The maximum atomic E-state index is 12.7. The van der Waals surface area contributed by atoms with Crippen LogP contribution in [0.3, 0.4) is 0 Å². The third-order valence-electron chi connectivity index (χ3n) is 2.19. The lowest BCUT2D eigenvalue weighted by molar-refractivity contribution is -0.140.